The van der Waals surface area contributed by atoms with Gasteiger partial charge in [-0.2, -0.15) is 0 Å². The van der Waals surface area contributed by atoms with E-state index in [0.717, 1.165) is 6.42 Å². The number of halogens is 1. The van der Waals surface area contributed by atoms with Crippen LogP contribution in [0.2, 0.25) is 0 Å². The molecule has 0 fully saturated rings. The molecule has 0 spiro atoms. The summed E-state index contributed by atoms with van der Waals surface area (Å²) >= 11 is 0. The molecular weight excluding hydrogens is 349 g/mol. The SMILES string of the molecule is CCC/C(=C(\C)c1ncccc1C(=O)O)N(N=C(N)N)c1cccc(F)c1. The molecule has 0 aliphatic rings. The van der Waals surface area contributed by atoms with E-state index in [9.17, 15) is 14.3 Å². The summed E-state index contributed by atoms with van der Waals surface area (Å²) in [5.74, 6) is -1.74. The fourth-order valence-corrected chi connectivity index (χ4v) is 2.70. The number of carboxylic acids is 1. The van der Waals surface area contributed by atoms with Gasteiger partial charge < -0.3 is 16.6 Å². The predicted octanol–water partition coefficient (Wildman–Crippen LogP) is 3.15. The van der Waals surface area contributed by atoms with Gasteiger partial charge >= 0.3 is 5.97 Å². The summed E-state index contributed by atoms with van der Waals surface area (Å²) in [5, 5.41) is 15.0. The van der Waals surface area contributed by atoms with Gasteiger partial charge in [0.05, 0.1) is 16.9 Å². The van der Waals surface area contributed by atoms with Crippen molar-refractivity contribution < 1.29 is 14.3 Å². The highest BCUT2D eigenvalue weighted by Gasteiger charge is 2.20. The molecular formula is C19H22FN5O2. The lowest BCUT2D eigenvalue weighted by atomic mass is 10.0. The van der Waals surface area contributed by atoms with E-state index in [4.69, 9.17) is 11.5 Å². The second-order valence-electron chi connectivity index (χ2n) is 5.84. The Hall–Kier alpha value is -3.42. The topological polar surface area (TPSA) is 118 Å². The molecule has 5 N–H and O–H groups in total. The third kappa shape index (κ3) is 4.81. The molecule has 8 heteroatoms. The Labute approximate surface area is 156 Å². The summed E-state index contributed by atoms with van der Waals surface area (Å²) in [4.78, 5) is 15.8. The van der Waals surface area contributed by atoms with Crippen LogP contribution in [0.5, 0.6) is 0 Å². The van der Waals surface area contributed by atoms with Crippen LogP contribution in [0.3, 0.4) is 0 Å². The average molecular weight is 371 g/mol. The van der Waals surface area contributed by atoms with Crippen LogP contribution in [0, 0.1) is 5.82 Å². The Morgan fingerprint density at radius 3 is 2.63 bits per heavy atom. The van der Waals surface area contributed by atoms with E-state index < -0.39 is 11.8 Å². The fraction of sp³-hybridized carbons (Fsp3) is 0.211. The van der Waals surface area contributed by atoms with E-state index in [-0.39, 0.29) is 11.5 Å². The molecule has 1 aromatic heterocycles. The van der Waals surface area contributed by atoms with Crippen LogP contribution in [0.4, 0.5) is 10.1 Å². The largest absolute Gasteiger partial charge is 0.478 e. The van der Waals surface area contributed by atoms with Crippen LogP contribution in [0.1, 0.15) is 42.7 Å². The maximum absolute atomic E-state index is 13.8. The van der Waals surface area contributed by atoms with Crippen LogP contribution < -0.4 is 16.5 Å². The number of allylic oxidation sites excluding steroid dienone is 2. The number of nitrogens with zero attached hydrogens (tertiary/aromatic N) is 3. The number of hydrogen-bond donors (Lipinski definition) is 3. The zero-order valence-corrected chi connectivity index (χ0v) is 15.2. The molecule has 0 unspecified atom stereocenters. The maximum atomic E-state index is 13.8. The monoisotopic (exact) mass is 371 g/mol. The summed E-state index contributed by atoms with van der Waals surface area (Å²) in [5.41, 5.74) is 13.2. The van der Waals surface area contributed by atoms with E-state index >= 15 is 0 Å². The molecule has 0 saturated carbocycles. The van der Waals surface area contributed by atoms with E-state index in [0.29, 0.717) is 29.1 Å². The molecule has 2 aromatic rings. The predicted molar refractivity (Wildman–Crippen MR) is 103 cm³/mol. The average Bonchev–Trinajstić information content (AvgIpc) is 2.63. The van der Waals surface area contributed by atoms with Crippen LogP contribution in [0.15, 0.2) is 53.4 Å². The second kappa shape index (κ2) is 8.79. The van der Waals surface area contributed by atoms with Gasteiger partial charge in [-0.1, -0.05) is 19.4 Å². The van der Waals surface area contributed by atoms with Gasteiger partial charge in [-0.25, -0.2) is 14.2 Å². The first kappa shape index (κ1) is 19.9. The number of guanidine groups is 1. The van der Waals surface area contributed by atoms with Crippen LogP contribution in [0.25, 0.3) is 5.57 Å². The first-order chi connectivity index (χ1) is 12.8. The number of anilines is 1. The number of hydrogen-bond acceptors (Lipinski definition) is 4. The Kier molecular flexibility index (Phi) is 6.48. The maximum Gasteiger partial charge on any atom is 0.337 e. The highest BCUT2D eigenvalue weighted by Crippen LogP contribution is 2.30. The molecule has 0 aliphatic heterocycles. The summed E-state index contributed by atoms with van der Waals surface area (Å²) in [7, 11) is 0. The zero-order chi connectivity index (χ0) is 20.0. The Morgan fingerprint density at radius 2 is 2.04 bits per heavy atom. The van der Waals surface area contributed by atoms with E-state index in [1.165, 1.54) is 29.4 Å². The number of hydrazone groups is 1. The number of pyridine rings is 1. The quantitative estimate of drug-likeness (QED) is 0.391. The molecule has 0 saturated heterocycles. The lowest BCUT2D eigenvalue weighted by Gasteiger charge is -2.25. The van der Waals surface area contributed by atoms with Crippen molar-refractivity contribution in [1.29, 1.82) is 0 Å². The van der Waals surface area contributed by atoms with Gasteiger partial charge in [0.2, 0.25) is 5.96 Å². The number of benzene rings is 1. The van der Waals surface area contributed by atoms with Crippen LogP contribution in [-0.2, 0) is 0 Å². The minimum Gasteiger partial charge on any atom is -0.478 e. The van der Waals surface area contributed by atoms with Crippen molar-refractivity contribution in [3.8, 4) is 0 Å². The van der Waals surface area contributed by atoms with Crippen molar-refractivity contribution in [2.45, 2.75) is 26.7 Å². The lowest BCUT2D eigenvalue weighted by Crippen LogP contribution is -2.29. The van der Waals surface area contributed by atoms with E-state index in [1.807, 2.05) is 6.92 Å². The van der Waals surface area contributed by atoms with Gasteiger partial charge in [0.1, 0.15) is 5.82 Å². The Balaban J connectivity index is 2.72. The number of aromatic nitrogens is 1. The van der Waals surface area contributed by atoms with Crippen molar-refractivity contribution in [1.82, 2.24) is 4.98 Å². The molecule has 0 atom stereocenters. The van der Waals surface area contributed by atoms with Crippen LogP contribution >= 0.6 is 0 Å². The number of carbonyl (C=O) groups is 1. The summed E-state index contributed by atoms with van der Waals surface area (Å²) < 4.78 is 13.8. The molecule has 0 radical (unpaired) electrons. The minimum absolute atomic E-state index is 0.0625. The molecule has 7 nitrogen and oxygen atoms in total. The normalized spacial score (nSPS) is 11.5. The van der Waals surface area contributed by atoms with Crippen molar-refractivity contribution in [2.75, 3.05) is 5.01 Å². The number of aromatic carboxylic acids is 1. The molecule has 142 valence electrons. The molecule has 0 bridgehead atoms. The number of carboxylic acid groups (broad SMARTS) is 1. The Bertz CT molecular complexity index is 891. The number of nitrogens with two attached hydrogens (primary N) is 2. The van der Waals surface area contributed by atoms with Crippen molar-refractivity contribution in [3.05, 3.63) is 65.4 Å². The van der Waals surface area contributed by atoms with E-state index in [1.54, 1.807) is 25.1 Å². The summed E-state index contributed by atoms with van der Waals surface area (Å²) in [6.45, 7) is 3.71. The lowest BCUT2D eigenvalue weighted by molar-refractivity contribution is 0.0696. The van der Waals surface area contributed by atoms with Crippen molar-refractivity contribution in [3.63, 3.8) is 0 Å². The smallest absolute Gasteiger partial charge is 0.337 e. The first-order valence-electron chi connectivity index (χ1n) is 8.38. The Morgan fingerprint density at radius 1 is 1.30 bits per heavy atom. The summed E-state index contributed by atoms with van der Waals surface area (Å²) in [6, 6.07) is 8.85. The van der Waals surface area contributed by atoms with Gasteiger partial charge in [0, 0.05) is 11.9 Å². The fourth-order valence-electron chi connectivity index (χ4n) is 2.70. The zero-order valence-electron chi connectivity index (χ0n) is 15.2. The van der Waals surface area contributed by atoms with Gasteiger partial charge in [0.15, 0.2) is 0 Å². The van der Waals surface area contributed by atoms with Gasteiger partial charge in [0.25, 0.3) is 0 Å². The minimum atomic E-state index is -1.09. The standard InChI is InChI=1S/C19H22FN5O2/c1-3-6-16(12(2)17-15(18(26)27)9-5-10-23-17)25(24-19(21)22)14-8-4-7-13(20)11-14/h4-5,7-11H,3,6H2,1-2H3,(H,26,27)(H4,21,22,24)/b16-12-. The third-order valence-corrected chi connectivity index (χ3v) is 3.84. The van der Waals surface area contributed by atoms with Gasteiger partial charge in [-0.15, -0.1) is 5.10 Å². The van der Waals surface area contributed by atoms with Crippen LogP contribution in [-0.4, -0.2) is 22.0 Å². The van der Waals surface area contributed by atoms with Gasteiger partial charge in [-0.3, -0.25) is 4.98 Å². The molecule has 1 heterocycles. The molecule has 2 rings (SSSR count). The van der Waals surface area contributed by atoms with Gasteiger partial charge in [-0.05, 0) is 49.2 Å². The highest BCUT2D eigenvalue weighted by molar-refractivity contribution is 5.93. The second-order valence-corrected chi connectivity index (χ2v) is 5.84. The highest BCUT2D eigenvalue weighted by atomic mass is 19.1. The van der Waals surface area contributed by atoms with E-state index in [2.05, 4.69) is 10.1 Å². The van der Waals surface area contributed by atoms with Crippen molar-refractivity contribution >= 4 is 23.2 Å². The van der Waals surface area contributed by atoms with Crippen molar-refractivity contribution in [2.24, 2.45) is 16.6 Å². The summed E-state index contributed by atoms with van der Waals surface area (Å²) in [6.07, 6.45) is 2.77. The molecule has 27 heavy (non-hydrogen) atoms. The molecule has 0 aliphatic carbocycles. The molecule has 1 aromatic carbocycles. The first-order valence-corrected chi connectivity index (χ1v) is 8.38. The molecule has 0 amide bonds. The third-order valence-electron chi connectivity index (χ3n) is 3.84. The number of rotatable bonds is 7.